The monoisotopic (exact) mass is 361 g/mol. The van der Waals surface area contributed by atoms with Crippen LogP contribution in [0.25, 0.3) is 0 Å². The minimum atomic E-state index is -3.96. The van der Waals surface area contributed by atoms with E-state index in [0.29, 0.717) is 5.92 Å². The van der Waals surface area contributed by atoms with Crippen molar-refractivity contribution in [3.63, 3.8) is 0 Å². The number of benzene rings is 1. The van der Waals surface area contributed by atoms with Crippen LogP contribution in [0, 0.1) is 0 Å². The molecule has 0 spiro atoms. The van der Waals surface area contributed by atoms with E-state index in [1.165, 1.54) is 12.3 Å². The number of aromatic nitrogens is 1. The van der Waals surface area contributed by atoms with Crippen LogP contribution in [0.2, 0.25) is 0 Å². The van der Waals surface area contributed by atoms with Gasteiger partial charge in [-0.2, -0.15) is 0 Å². The lowest BCUT2D eigenvalue weighted by molar-refractivity contribution is 0.579. The van der Waals surface area contributed by atoms with Gasteiger partial charge >= 0.3 is 0 Å². The van der Waals surface area contributed by atoms with Gasteiger partial charge in [-0.05, 0) is 40.5 Å². The largest absolute Gasteiger partial charge is 0.271 e. The molecule has 2 rings (SSSR count). The average molecular weight is 362 g/mol. The minimum Gasteiger partial charge on any atom is -0.268 e. The third-order valence-corrected chi connectivity index (χ3v) is 6.19. The molecule has 0 aliphatic heterocycles. The number of nitrogens with zero attached hydrogens (tertiary/aromatic N) is 1. The van der Waals surface area contributed by atoms with Crippen molar-refractivity contribution in [2.75, 3.05) is 0 Å². The topological polar surface area (TPSA) is 56.1 Å². The molecule has 1 heterocycles. The molecule has 0 amide bonds. The van der Waals surface area contributed by atoms with Gasteiger partial charge in [-0.15, -0.1) is 0 Å². The summed E-state index contributed by atoms with van der Waals surface area (Å²) in [5.74, 6) is 0.354. The summed E-state index contributed by atoms with van der Waals surface area (Å²) in [4.78, 5) is 12.4. The van der Waals surface area contributed by atoms with Gasteiger partial charge in [0.05, 0.1) is 4.90 Å². The van der Waals surface area contributed by atoms with Crippen molar-refractivity contribution in [1.29, 1.82) is 0 Å². The molecule has 0 bridgehead atoms. The van der Waals surface area contributed by atoms with Crippen molar-refractivity contribution in [2.24, 2.45) is 0 Å². The standard InChI is InChI=1S/C20H27NO3S/c1-13(2)16-11-17(14(3)4)20(18(12-16)15(5)6)25(23,24)21-10-8-7-9-19(21)22/h7-15H,1-6H3. The first kappa shape index (κ1) is 19.4. The van der Waals surface area contributed by atoms with E-state index in [4.69, 9.17) is 0 Å². The first-order valence-electron chi connectivity index (χ1n) is 8.68. The minimum absolute atomic E-state index is 0.0281. The van der Waals surface area contributed by atoms with Crippen LogP contribution >= 0.6 is 0 Å². The molecule has 0 fully saturated rings. The molecule has 0 aliphatic rings. The second-order valence-electron chi connectivity index (χ2n) is 7.33. The maximum absolute atomic E-state index is 13.3. The fourth-order valence-corrected chi connectivity index (χ4v) is 4.81. The lowest BCUT2D eigenvalue weighted by atomic mass is 9.89. The first-order chi connectivity index (χ1) is 11.6. The van der Waals surface area contributed by atoms with Crippen LogP contribution < -0.4 is 5.56 Å². The molecule has 5 heteroatoms. The Labute approximate surface area is 150 Å². The molecular formula is C20H27NO3S. The zero-order chi connectivity index (χ0) is 18.9. The summed E-state index contributed by atoms with van der Waals surface area (Å²) in [5, 5.41) is 0. The van der Waals surface area contributed by atoms with Gasteiger partial charge in [0.1, 0.15) is 0 Å². The SMILES string of the molecule is CC(C)c1cc(C(C)C)c(S(=O)(=O)n2ccccc2=O)c(C(C)C)c1. The van der Waals surface area contributed by atoms with Crippen molar-refractivity contribution >= 4 is 10.0 Å². The maximum Gasteiger partial charge on any atom is 0.271 e. The third kappa shape index (κ3) is 3.71. The van der Waals surface area contributed by atoms with Crippen LogP contribution in [0.3, 0.4) is 0 Å². The predicted molar refractivity (Wildman–Crippen MR) is 102 cm³/mol. The van der Waals surface area contributed by atoms with Crippen molar-refractivity contribution < 1.29 is 8.42 Å². The lowest BCUT2D eigenvalue weighted by Crippen LogP contribution is -2.28. The molecule has 1 aromatic heterocycles. The highest BCUT2D eigenvalue weighted by atomic mass is 32.2. The van der Waals surface area contributed by atoms with E-state index in [0.717, 1.165) is 20.7 Å². The summed E-state index contributed by atoms with van der Waals surface area (Å²) in [6.45, 7) is 12.1. The van der Waals surface area contributed by atoms with E-state index in [1.54, 1.807) is 12.1 Å². The summed E-state index contributed by atoms with van der Waals surface area (Å²) in [7, 11) is -3.96. The second kappa shape index (κ2) is 7.16. The smallest absolute Gasteiger partial charge is 0.268 e. The van der Waals surface area contributed by atoms with Crippen LogP contribution in [0.5, 0.6) is 0 Å². The highest BCUT2D eigenvalue weighted by molar-refractivity contribution is 7.90. The Hall–Kier alpha value is -1.88. The molecule has 0 unspecified atom stereocenters. The molecule has 0 aliphatic carbocycles. The van der Waals surface area contributed by atoms with E-state index in [2.05, 4.69) is 13.8 Å². The summed E-state index contributed by atoms with van der Waals surface area (Å²) in [6.07, 6.45) is 1.32. The number of rotatable bonds is 5. The summed E-state index contributed by atoms with van der Waals surface area (Å²) >= 11 is 0. The Morgan fingerprint density at radius 3 is 1.76 bits per heavy atom. The number of hydrogen-bond acceptors (Lipinski definition) is 3. The van der Waals surface area contributed by atoms with Gasteiger partial charge in [-0.25, -0.2) is 12.4 Å². The molecule has 0 saturated carbocycles. The molecular weight excluding hydrogens is 334 g/mol. The predicted octanol–water partition coefficient (Wildman–Crippen LogP) is 4.46. The Kier molecular flexibility index (Phi) is 5.57. The van der Waals surface area contributed by atoms with Crippen LogP contribution in [0.15, 0.2) is 46.2 Å². The molecule has 1 aromatic carbocycles. The van der Waals surface area contributed by atoms with Crippen LogP contribution in [-0.2, 0) is 10.0 Å². The van der Waals surface area contributed by atoms with E-state index in [1.807, 2.05) is 39.8 Å². The molecule has 4 nitrogen and oxygen atoms in total. The third-order valence-electron chi connectivity index (χ3n) is 4.38. The van der Waals surface area contributed by atoms with Gasteiger partial charge < -0.3 is 0 Å². The van der Waals surface area contributed by atoms with Gasteiger partial charge in [0.15, 0.2) is 0 Å². The molecule has 25 heavy (non-hydrogen) atoms. The van der Waals surface area contributed by atoms with Gasteiger partial charge in [-0.3, -0.25) is 4.79 Å². The summed E-state index contributed by atoms with van der Waals surface area (Å²) in [5.41, 5.74) is 2.11. The fraction of sp³-hybridized carbons (Fsp3) is 0.450. The number of hydrogen-bond donors (Lipinski definition) is 0. The summed E-state index contributed by atoms with van der Waals surface area (Å²) in [6, 6.07) is 8.32. The van der Waals surface area contributed by atoms with E-state index in [-0.39, 0.29) is 16.7 Å². The molecule has 0 radical (unpaired) electrons. The normalized spacial score (nSPS) is 12.4. The van der Waals surface area contributed by atoms with Crippen LogP contribution in [0.1, 0.15) is 76.0 Å². The average Bonchev–Trinajstić information content (AvgIpc) is 2.53. The first-order valence-corrected chi connectivity index (χ1v) is 10.1. The van der Waals surface area contributed by atoms with Crippen molar-refractivity contribution in [2.45, 2.75) is 64.2 Å². The van der Waals surface area contributed by atoms with Gasteiger partial charge in [0.2, 0.25) is 0 Å². The van der Waals surface area contributed by atoms with Gasteiger partial charge in [0.25, 0.3) is 15.6 Å². The van der Waals surface area contributed by atoms with E-state index >= 15 is 0 Å². The van der Waals surface area contributed by atoms with Crippen molar-refractivity contribution in [3.8, 4) is 0 Å². The Morgan fingerprint density at radius 2 is 1.36 bits per heavy atom. The Bertz CT molecular complexity index is 893. The van der Waals surface area contributed by atoms with Crippen LogP contribution in [0.4, 0.5) is 0 Å². The van der Waals surface area contributed by atoms with E-state index < -0.39 is 15.6 Å². The van der Waals surface area contributed by atoms with E-state index in [9.17, 15) is 13.2 Å². The Balaban J connectivity index is 2.93. The second-order valence-corrected chi connectivity index (χ2v) is 9.08. The summed E-state index contributed by atoms with van der Waals surface area (Å²) < 4.78 is 27.5. The highest BCUT2D eigenvalue weighted by Gasteiger charge is 2.28. The van der Waals surface area contributed by atoms with Crippen molar-refractivity contribution in [3.05, 3.63) is 63.6 Å². The Morgan fingerprint density at radius 1 is 0.840 bits per heavy atom. The van der Waals surface area contributed by atoms with Gasteiger partial charge in [0, 0.05) is 12.3 Å². The molecule has 136 valence electrons. The molecule has 0 atom stereocenters. The van der Waals surface area contributed by atoms with Crippen LogP contribution in [-0.4, -0.2) is 12.4 Å². The lowest BCUT2D eigenvalue weighted by Gasteiger charge is -2.23. The van der Waals surface area contributed by atoms with Crippen molar-refractivity contribution in [1.82, 2.24) is 3.97 Å². The zero-order valence-corrected chi connectivity index (χ0v) is 16.6. The molecule has 0 saturated heterocycles. The molecule has 2 aromatic rings. The highest BCUT2D eigenvalue weighted by Crippen LogP contribution is 2.35. The maximum atomic E-state index is 13.3. The zero-order valence-electron chi connectivity index (χ0n) is 15.8. The quantitative estimate of drug-likeness (QED) is 0.790. The fourth-order valence-electron chi connectivity index (χ4n) is 2.90. The number of pyridine rings is 1. The molecule has 0 N–H and O–H groups in total. The van der Waals surface area contributed by atoms with Gasteiger partial charge in [-0.1, -0.05) is 59.7 Å².